The summed E-state index contributed by atoms with van der Waals surface area (Å²) in [5, 5.41) is 9.64. The summed E-state index contributed by atoms with van der Waals surface area (Å²) in [6.45, 7) is 3.01. The fourth-order valence-corrected chi connectivity index (χ4v) is 2.53. The van der Waals surface area contributed by atoms with E-state index in [1.807, 2.05) is 4.90 Å². The molecule has 21 heavy (non-hydrogen) atoms. The van der Waals surface area contributed by atoms with Crippen LogP contribution in [0.25, 0.3) is 0 Å². The Hall–Kier alpha value is -1.62. The number of hydrogen-bond acceptors (Lipinski definition) is 3. The van der Waals surface area contributed by atoms with E-state index in [9.17, 15) is 14.3 Å². The number of benzene rings is 1. The fraction of sp³-hybridized carbons (Fsp3) is 0.562. The Morgan fingerprint density at radius 1 is 1.33 bits per heavy atom. The smallest absolute Gasteiger partial charge is 0.260 e. The van der Waals surface area contributed by atoms with Crippen molar-refractivity contribution in [1.82, 2.24) is 4.90 Å². The van der Waals surface area contributed by atoms with Crippen LogP contribution in [0.3, 0.4) is 0 Å². The summed E-state index contributed by atoms with van der Waals surface area (Å²) in [7, 11) is 0. The Labute approximate surface area is 124 Å². The lowest BCUT2D eigenvalue weighted by Crippen LogP contribution is -2.35. The summed E-state index contributed by atoms with van der Waals surface area (Å²) < 4.78 is 18.7. The van der Waals surface area contributed by atoms with Gasteiger partial charge in [0.25, 0.3) is 5.91 Å². The van der Waals surface area contributed by atoms with Crippen molar-refractivity contribution in [3.8, 4) is 5.75 Å². The van der Waals surface area contributed by atoms with Crippen LogP contribution in [-0.2, 0) is 4.79 Å². The highest BCUT2D eigenvalue weighted by molar-refractivity contribution is 5.77. The van der Waals surface area contributed by atoms with Gasteiger partial charge in [0, 0.05) is 18.7 Å². The summed E-state index contributed by atoms with van der Waals surface area (Å²) in [5.74, 6) is -0.135. The second kappa shape index (κ2) is 7.41. The van der Waals surface area contributed by atoms with Gasteiger partial charge in [-0.1, -0.05) is 12.8 Å². The number of nitrogens with zero attached hydrogens (tertiary/aromatic N) is 1. The van der Waals surface area contributed by atoms with Crippen LogP contribution in [0.15, 0.2) is 18.2 Å². The highest BCUT2D eigenvalue weighted by Gasteiger charge is 2.17. The third kappa shape index (κ3) is 4.43. The van der Waals surface area contributed by atoms with Crippen LogP contribution in [0, 0.1) is 5.82 Å². The number of carbonyl (C=O) groups is 1. The molecular weight excluding hydrogens is 273 g/mol. The molecule has 1 aliphatic rings. The van der Waals surface area contributed by atoms with Gasteiger partial charge in [-0.3, -0.25) is 4.79 Å². The normalized spacial score (nSPS) is 17.2. The van der Waals surface area contributed by atoms with Crippen LogP contribution in [0.4, 0.5) is 4.39 Å². The van der Waals surface area contributed by atoms with E-state index in [-0.39, 0.29) is 12.5 Å². The van der Waals surface area contributed by atoms with E-state index in [0.717, 1.165) is 38.8 Å². The van der Waals surface area contributed by atoms with E-state index in [2.05, 4.69) is 0 Å². The first-order valence-electron chi connectivity index (χ1n) is 7.46. The fourth-order valence-electron chi connectivity index (χ4n) is 2.53. The minimum Gasteiger partial charge on any atom is -0.483 e. The van der Waals surface area contributed by atoms with Crippen LogP contribution in [0.5, 0.6) is 5.75 Å². The molecule has 1 amide bonds. The number of amides is 1. The highest BCUT2D eigenvalue weighted by Crippen LogP contribution is 2.26. The third-order valence-corrected chi connectivity index (χ3v) is 3.73. The predicted molar refractivity (Wildman–Crippen MR) is 77.6 cm³/mol. The molecule has 0 aliphatic carbocycles. The molecule has 0 radical (unpaired) electrons. The van der Waals surface area contributed by atoms with Crippen molar-refractivity contribution in [2.24, 2.45) is 0 Å². The quantitative estimate of drug-likeness (QED) is 0.929. The van der Waals surface area contributed by atoms with Crippen molar-refractivity contribution in [2.45, 2.75) is 38.7 Å². The molecule has 2 rings (SSSR count). The first kappa shape index (κ1) is 15.8. The lowest BCUT2D eigenvalue weighted by molar-refractivity contribution is -0.133. The number of carbonyl (C=O) groups excluding carboxylic acids is 1. The zero-order valence-electron chi connectivity index (χ0n) is 12.3. The van der Waals surface area contributed by atoms with Crippen LogP contribution in [-0.4, -0.2) is 35.6 Å². The van der Waals surface area contributed by atoms with E-state index in [0.29, 0.717) is 11.3 Å². The van der Waals surface area contributed by atoms with Crippen LogP contribution in [0.1, 0.15) is 44.3 Å². The number of hydrogen-bond donors (Lipinski definition) is 1. The Morgan fingerprint density at radius 2 is 2.00 bits per heavy atom. The predicted octanol–water partition coefficient (Wildman–Crippen LogP) is 2.66. The maximum Gasteiger partial charge on any atom is 0.260 e. The zero-order valence-corrected chi connectivity index (χ0v) is 12.3. The summed E-state index contributed by atoms with van der Waals surface area (Å²) in [6.07, 6.45) is 3.54. The van der Waals surface area contributed by atoms with Crippen molar-refractivity contribution in [3.05, 3.63) is 29.6 Å². The summed E-state index contributed by atoms with van der Waals surface area (Å²) in [5.41, 5.74) is 0.360. The van der Waals surface area contributed by atoms with Crippen molar-refractivity contribution in [3.63, 3.8) is 0 Å². The van der Waals surface area contributed by atoms with Crippen molar-refractivity contribution >= 4 is 5.91 Å². The molecule has 0 aromatic heterocycles. The molecule has 116 valence electrons. The maximum absolute atomic E-state index is 13.2. The Morgan fingerprint density at radius 3 is 2.62 bits per heavy atom. The van der Waals surface area contributed by atoms with Gasteiger partial charge in [0.2, 0.25) is 0 Å². The number of halogens is 1. The first-order chi connectivity index (χ1) is 10.1. The Balaban J connectivity index is 1.97. The molecule has 5 heteroatoms. The first-order valence-corrected chi connectivity index (χ1v) is 7.46. The molecule has 1 heterocycles. The molecule has 4 nitrogen and oxygen atoms in total. The monoisotopic (exact) mass is 295 g/mol. The summed E-state index contributed by atoms with van der Waals surface area (Å²) >= 11 is 0. The van der Waals surface area contributed by atoms with E-state index in [1.54, 1.807) is 0 Å². The number of likely N-dealkylation sites (tertiary alicyclic amines) is 1. The van der Waals surface area contributed by atoms with Crippen molar-refractivity contribution in [1.29, 1.82) is 0 Å². The molecule has 1 aromatic carbocycles. The molecule has 1 atom stereocenters. The molecule has 0 saturated carbocycles. The van der Waals surface area contributed by atoms with E-state index in [1.165, 1.54) is 25.1 Å². The lowest BCUT2D eigenvalue weighted by atomic mass is 10.1. The minimum absolute atomic E-state index is 0.0576. The van der Waals surface area contributed by atoms with Gasteiger partial charge in [-0.2, -0.15) is 0 Å². The molecule has 1 aromatic rings. The SMILES string of the molecule is C[C@@H](O)c1cc(F)ccc1OCC(=O)N1CCCCCC1. The van der Waals surface area contributed by atoms with E-state index < -0.39 is 11.9 Å². The minimum atomic E-state index is -0.844. The van der Waals surface area contributed by atoms with Gasteiger partial charge in [-0.25, -0.2) is 4.39 Å². The molecule has 1 fully saturated rings. The summed E-state index contributed by atoms with van der Waals surface area (Å²) in [6, 6.07) is 3.95. The third-order valence-electron chi connectivity index (χ3n) is 3.73. The number of ether oxygens (including phenoxy) is 1. The number of rotatable bonds is 4. The molecule has 1 aliphatic heterocycles. The van der Waals surface area contributed by atoms with E-state index in [4.69, 9.17) is 4.74 Å². The molecular formula is C16H22FNO3. The Kier molecular flexibility index (Phi) is 5.56. The average Bonchev–Trinajstić information content (AvgIpc) is 2.74. The summed E-state index contributed by atoms with van der Waals surface area (Å²) in [4.78, 5) is 14.0. The van der Waals surface area contributed by atoms with Crippen LogP contribution in [0.2, 0.25) is 0 Å². The van der Waals surface area contributed by atoms with Gasteiger partial charge in [0.1, 0.15) is 11.6 Å². The van der Waals surface area contributed by atoms with Gasteiger partial charge >= 0.3 is 0 Å². The van der Waals surface area contributed by atoms with Crippen LogP contribution >= 0.6 is 0 Å². The highest BCUT2D eigenvalue weighted by atomic mass is 19.1. The standard InChI is InChI=1S/C16H22FNO3/c1-12(19)14-10-13(17)6-7-15(14)21-11-16(20)18-8-4-2-3-5-9-18/h6-7,10,12,19H,2-5,8-9,11H2,1H3/t12-/m1/s1. The number of aliphatic hydroxyl groups excluding tert-OH is 1. The van der Waals surface area contributed by atoms with Crippen molar-refractivity contribution < 1.29 is 19.0 Å². The van der Waals surface area contributed by atoms with E-state index >= 15 is 0 Å². The maximum atomic E-state index is 13.2. The van der Waals surface area contributed by atoms with Gasteiger partial charge in [0.15, 0.2) is 6.61 Å². The van der Waals surface area contributed by atoms with Gasteiger partial charge < -0.3 is 14.7 Å². The zero-order chi connectivity index (χ0) is 15.2. The largest absolute Gasteiger partial charge is 0.483 e. The topological polar surface area (TPSA) is 49.8 Å². The molecule has 1 N–H and O–H groups in total. The second-order valence-electron chi connectivity index (χ2n) is 5.44. The van der Waals surface area contributed by atoms with Crippen molar-refractivity contribution in [2.75, 3.05) is 19.7 Å². The average molecular weight is 295 g/mol. The second-order valence-corrected chi connectivity index (χ2v) is 5.44. The Bertz CT molecular complexity index is 482. The molecule has 0 unspecified atom stereocenters. The van der Waals surface area contributed by atoms with Gasteiger partial charge in [0.05, 0.1) is 6.10 Å². The lowest BCUT2D eigenvalue weighted by Gasteiger charge is -2.21. The van der Waals surface area contributed by atoms with Gasteiger partial charge in [-0.15, -0.1) is 0 Å². The van der Waals surface area contributed by atoms with Gasteiger partial charge in [-0.05, 0) is 38.0 Å². The molecule has 0 spiro atoms. The molecule has 0 bridgehead atoms. The molecule has 1 saturated heterocycles. The van der Waals surface area contributed by atoms with Crippen LogP contribution < -0.4 is 4.74 Å². The number of aliphatic hydroxyl groups is 1.